The van der Waals surface area contributed by atoms with Crippen molar-refractivity contribution in [3.05, 3.63) is 71.0 Å². The van der Waals surface area contributed by atoms with Crippen LogP contribution in [0.2, 0.25) is 0 Å². The van der Waals surface area contributed by atoms with Crippen LogP contribution in [0.3, 0.4) is 0 Å². The molecule has 3 N–H and O–H groups in total. The lowest BCUT2D eigenvalue weighted by molar-refractivity contribution is -0.141. The van der Waals surface area contributed by atoms with E-state index in [1.807, 2.05) is 54.7 Å². The molecule has 1 atom stereocenters. The van der Waals surface area contributed by atoms with E-state index in [1.54, 1.807) is 10.8 Å². The molecule has 4 aromatic rings. The first-order valence-corrected chi connectivity index (χ1v) is 9.63. The zero-order valence-corrected chi connectivity index (χ0v) is 16.4. The van der Waals surface area contributed by atoms with Crippen LogP contribution >= 0.6 is 15.9 Å². The number of benzene rings is 2. The minimum atomic E-state index is -1.06. The molecule has 142 valence electrons. The number of nitrogens with one attached hydrogen (secondary N) is 2. The number of aliphatic carboxylic acids is 1. The maximum absolute atomic E-state index is 12.5. The lowest BCUT2D eigenvalue weighted by Crippen LogP contribution is -2.43. The molecule has 0 spiro atoms. The Bertz CT molecular complexity index is 1180. The van der Waals surface area contributed by atoms with Crippen LogP contribution in [0, 0.1) is 0 Å². The number of para-hydroxylation sites is 1. The number of fused-ring (bicyclic) bond motifs is 2. The number of hydrogen-bond donors (Lipinski definition) is 3. The van der Waals surface area contributed by atoms with Gasteiger partial charge in [0.1, 0.15) is 12.6 Å². The molecule has 7 heteroatoms. The molecule has 2 aromatic carbocycles. The minimum Gasteiger partial charge on any atom is -0.480 e. The SMILES string of the molecule is O=C(Cn1ccc2c(Br)cccc21)NC(Cc1c[nH]c2ccccc12)C(=O)O. The molecular formula is C21H18BrN3O3. The molecule has 0 aliphatic carbocycles. The number of amides is 1. The van der Waals surface area contributed by atoms with Crippen molar-refractivity contribution in [1.82, 2.24) is 14.9 Å². The van der Waals surface area contributed by atoms with Gasteiger partial charge in [0.25, 0.3) is 0 Å². The molecule has 6 nitrogen and oxygen atoms in total. The summed E-state index contributed by atoms with van der Waals surface area (Å²) in [5.41, 5.74) is 2.71. The Balaban J connectivity index is 1.50. The standard InChI is InChI=1S/C21H18BrN3O3/c22-16-5-3-7-19-15(16)8-9-25(19)12-20(26)24-18(21(27)28)10-13-11-23-17-6-2-1-4-14(13)17/h1-9,11,18,23H,10,12H2,(H,24,26)(H,27,28). The summed E-state index contributed by atoms with van der Waals surface area (Å²) >= 11 is 3.49. The summed E-state index contributed by atoms with van der Waals surface area (Å²) in [6.45, 7) is 0.0532. The molecule has 0 saturated carbocycles. The van der Waals surface area contributed by atoms with E-state index in [4.69, 9.17) is 0 Å². The van der Waals surface area contributed by atoms with Crippen LogP contribution in [0.4, 0.5) is 0 Å². The Hall–Kier alpha value is -3.06. The fourth-order valence-electron chi connectivity index (χ4n) is 3.44. The molecular weight excluding hydrogens is 422 g/mol. The largest absolute Gasteiger partial charge is 0.480 e. The normalized spacial score (nSPS) is 12.3. The molecule has 0 aliphatic heterocycles. The molecule has 0 fully saturated rings. The van der Waals surface area contributed by atoms with E-state index in [-0.39, 0.29) is 18.9 Å². The van der Waals surface area contributed by atoms with Crippen LogP contribution < -0.4 is 5.32 Å². The lowest BCUT2D eigenvalue weighted by atomic mass is 10.0. The number of carboxylic acid groups (broad SMARTS) is 1. The van der Waals surface area contributed by atoms with Crippen molar-refractivity contribution in [1.29, 1.82) is 0 Å². The predicted octanol–water partition coefficient (Wildman–Crippen LogP) is 3.70. The number of hydrogen-bond acceptors (Lipinski definition) is 2. The van der Waals surface area contributed by atoms with Crippen molar-refractivity contribution in [3.8, 4) is 0 Å². The average Bonchev–Trinajstić information content (AvgIpc) is 3.27. The van der Waals surface area contributed by atoms with Gasteiger partial charge in [-0.15, -0.1) is 0 Å². The Kier molecular flexibility index (Phi) is 4.92. The highest BCUT2D eigenvalue weighted by Gasteiger charge is 2.22. The van der Waals surface area contributed by atoms with Crippen molar-refractivity contribution >= 4 is 49.6 Å². The van der Waals surface area contributed by atoms with Crippen LogP contribution in [-0.2, 0) is 22.6 Å². The second-order valence-electron chi connectivity index (χ2n) is 6.64. The highest BCUT2D eigenvalue weighted by atomic mass is 79.9. The quantitative estimate of drug-likeness (QED) is 0.428. The molecule has 4 rings (SSSR count). The number of halogens is 1. The molecule has 0 radical (unpaired) electrons. The highest BCUT2D eigenvalue weighted by Crippen LogP contribution is 2.24. The zero-order valence-electron chi connectivity index (χ0n) is 14.9. The van der Waals surface area contributed by atoms with Gasteiger partial charge in [0.2, 0.25) is 5.91 Å². The lowest BCUT2D eigenvalue weighted by Gasteiger charge is -2.15. The van der Waals surface area contributed by atoms with Gasteiger partial charge >= 0.3 is 5.97 Å². The van der Waals surface area contributed by atoms with E-state index in [0.717, 1.165) is 31.8 Å². The van der Waals surface area contributed by atoms with Crippen molar-refractivity contribution in [2.75, 3.05) is 0 Å². The van der Waals surface area contributed by atoms with Gasteiger partial charge in [0, 0.05) is 45.1 Å². The predicted molar refractivity (Wildman–Crippen MR) is 111 cm³/mol. The van der Waals surface area contributed by atoms with E-state index in [2.05, 4.69) is 26.2 Å². The summed E-state index contributed by atoms with van der Waals surface area (Å²) in [5.74, 6) is -1.40. The Morgan fingerprint density at radius 3 is 2.75 bits per heavy atom. The zero-order chi connectivity index (χ0) is 19.7. The third-order valence-electron chi connectivity index (χ3n) is 4.81. The smallest absolute Gasteiger partial charge is 0.326 e. The summed E-state index contributed by atoms with van der Waals surface area (Å²) in [4.78, 5) is 27.4. The minimum absolute atomic E-state index is 0.0532. The summed E-state index contributed by atoms with van der Waals surface area (Å²) in [6.07, 6.45) is 3.83. The van der Waals surface area contributed by atoms with Crippen LogP contribution in [0.15, 0.2) is 65.4 Å². The highest BCUT2D eigenvalue weighted by molar-refractivity contribution is 9.10. The second-order valence-corrected chi connectivity index (χ2v) is 7.49. The Morgan fingerprint density at radius 1 is 1.11 bits per heavy atom. The molecule has 28 heavy (non-hydrogen) atoms. The van der Waals surface area contributed by atoms with Crippen molar-refractivity contribution in [2.24, 2.45) is 0 Å². The number of H-pyrrole nitrogens is 1. The number of nitrogens with zero attached hydrogens (tertiary/aromatic N) is 1. The van der Waals surface area contributed by atoms with Crippen molar-refractivity contribution < 1.29 is 14.7 Å². The van der Waals surface area contributed by atoms with Gasteiger partial charge in [-0.1, -0.05) is 40.2 Å². The summed E-state index contributed by atoms with van der Waals surface area (Å²) < 4.78 is 2.76. The first kappa shape index (κ1) is 18.3. The van der Waals surface area contributed by atoms with Crippen LogP contribution in [0.5, 0.6) is 0 Å². The average molecular weight is 440 g/mol. The van der Waals surface area contributed by atoms with Gasteiger partial charge in [-0.05, 0) is 29.8 Å². The van der Waals surface area contributed by atoms with E-state index in [1.165, 1.54) is 0 Å². The number of carbonyl (C=O) groups excluding carboxylic acids is 1. The van der Waals surface area contributed by atoms with Gasteiger partial charge in [-0.2, -0.15) is 0 Å². The van der Waals surface area contributed by atoms with Crippen LogP contribution in [0.25, 0.3) is 21.8 Å². The Morgan fingerprint density at radius 2 is 1.93 bits per heavy atom. The number of aromatic nitrogens is 2. The fourth-order valence-corrected chi connectivity index (χ4v) is 3.93. The van der Waals surface area contributed by atoms with Gasteiger partial charge in [0.05, 0.1) is 0 Å². The number of carbonyl (C=O) groups is 2. The molecule has 1 unspecified atom stereocenters. The number of carboxylic acids is 1. The first-order chi connectivity index (χ1) is 13.5. The van der Waals surface area contributed by atoms with E-state index in [9.17, 15) is 14.7 Å². The molecule has 2 heterocycles. The summed E-state index contributed by atoms with van der Waals surface area (Å²) in [5, 5.41) is 14.2. The van der Waals surface area contributed by atoms with Gasteiger partial charge in [-0.3, -0.25) is 4.79 Å². The Labute approximate surface area is 169 Å². The number of rotatable bonds is 6. The first-order valence-electron chi connectivity index (χ1n) is 8.83. The maximum atomic E-state index is 12.5. The molecule has 0 bridgehead atoms. The van der Waals surface area contributed by atoms with E-state index >= 15 is 0 Å². The van der Waals surface area contributed by atoms with E-state index < -0.39 is 12.0 Å². The van der Waals surface area contributed by atoms with Crippen LogP contribution in [-0.4, -0.2) is 32.6 Å². The van der Waals surface area contributed by atoms with Gasteiger partial charge < -0.3 is 20.0 Å². The monoisotopic (exact) mass is 439 g/mol. The summed E-state index contributed by atoms with van der Waals surface area (Å²) in [7, 11) is 0. The maximum Gasteiger partial charge on any atom is 0.326 e. The second kappa shape index (κ2) is 7.52. The van der Waals surface area contributed by atoms with E-state index in [0.29, 0.717) is 0 Å². The molecule has 1 amide bonds. The van der Waals surface area contributed by atoms with Gasteiger partial charge in [-0.25, -0.2) is 4.79 Å². The summed E-state index contributed by atoms with van der Waals surface area (Å²) in [6, 6.07) is 14.4. The van der Waals surface area contributed by atoms with Crippen LogP contribution in [0.1, 0.15) is 5.56 Å². The molecule has 0 aliphatic rings. The third-order valence-corrected chi connectivity index (χ3v) is 5.50. The molecule has 2 aromatic heterocycles. The number of aromatic amines is 1. The third kappa shape index (κ3) is 3.53. The van der Waals surface area contributed by atoms with Crippen molar-refractivity contribution in [2.45, 2.75) is 19.0 Å². The van der Waals surface area contributed by atoms with Gasteiger partial charge in [0.15, 0.2) is 0 Å². The fraction of sp³-hybridized carbons (Fsp3) is 0.143. The topological polar surface area (TPSA) is 87.1 Å². The molecule has 0 saturated heterocycles. The van der Waals surface area contributed by atoms with Crippen molar-refractivity contribution in [3.63, 3.8) is 0 Å².